The Morgan fingerprint density at radius 1 is 0.818 bits per heavy atom. The maximum Gasteiger partial charge on any atom is 0.416 e. The second-order valence-corrected chi connectivity index (χ2v) is 7.07. The molecule has 33 heavy (non-hydrogen) atoms. The first-order valence-electron chi connectivity index (χ1n) is 9.94. The van der Waals surface area contributed by atoms with Crippen molar-refractivity contribution in [3.63, 3.8) is 0 Å². The van der Waals surface area contributed by atoms with Crippen molar-refractivity contribution in [2.45, 2.75) is 18.8 Å². The van der Waals surface area contributed by atoms with E-state index in [9.17, 15) is 26.3 Å². The number of benzene rings is 2. The van der Waals surface area contributed by atoms with E-state index in [2.05, 4.69) is 20.8 Å². The molecule has 4 nitrogen and oxygen atoms in total. The Hall–Kier alpha value is -3.56. The van der Waals surface area contributed by atoms with Gasteiger partial charge >= 0.3 is 12.4 Å². The number of alkyl halides is 6. The van der Waals surface area contributed by atoms with Crippen LogP contribution < -0.4 is 10.7 Å². The highest BCUT2D eigenvalue weighted by Gasteiger charge is 2.30. The highest BCUT2D eigenvalue weighted by molar-refractivity contribution is 6.09. The van der Waals surface area contributed by atoms with Gasteiger partial charge in [-0.3, -0.25) is 4.99 Å². The Morgan fingerprint density at radius 3 is 1.70 bits per heavy atom. The predicted octanol–water partition coefficient (Wildman–Crippen LogP) is 5.75. The Labute approximate surface area is 186 Å². The fraction of sp³-hybridized carbons (Fsp3) is 0.217. The topological polar surface area (TPSA) is 48.8 Å². The molecule has 2 aromatic carbocycles. The molecule has 10 heteroatoms. The van der Waals surface area contributed by atoms with Gasteiger partial charge < -0.3 is 5.32 Å². The molecule has 1 aliphatic rings. The molecule has 0 spiro atoms. The molecule has 0 saturated carbocycles. The minimum atomic E-state index is -4.42. The second kappa shape index (κ2) is 10.4. The highest BCUT2D eigenvalue weighted by Crippen LogP contribution is 2.30. The van der Waals surface area contributed by atoms with Crippen LogP contribution in [-0.4, -0.2) is 24.8 Å². The van der Waals surface area contributed by atoms with E-state index in [4.69, 9.17) is 0 Å². The number of hydrogen-bond donors (Lipinski definition) is 2. The van der Waals surface area contributed by atoms with Gasteiger partial charge in [-0.05, 0) is 54.0 Å². The van der Waals surface area contributed by atoms with Gasteiger partial charge in [-0.1, -0.05) is 36.4 Å². The first kappa shape index (κ1) is 24.1. The molecule has 0 fully saturated rings. The normalized spacial score (nSPS) is 14.8. The van der Waals surface area contributed by atoms with Crippen molar-refractivity contribution in [2.75, 3.05) is 13.1 Å². The minimum Gasteiger partial charge on any atom is -0.355 e. The van der Waals surface area contributed by atoms with E-state index in [1.807, 2.05) is 0 Å². The Morgan fingerprint density at radius 2 is 1.30 bits per heavy atom. The van der Waals surface area contributed by atoms with Crippen LogP contribution >= 0.6 is 0 Å². The summed E-state index contributed by atoms with van der Waals surface area (Å²) in [5.74, 6) is 0.476. The summed E-state index contributed by atoms with van der Waals surface area (Å²) < 4.78 is 76.4. The second-order valence-electron chi connectivity index (χ2n) is 7.07. The average molecular weight is 466 g/mol. The van der Waals surface area contributed by atoms with Crippen LogP contribution in [0.1, 0.15) is 28.7 Å². The Kier molecular flexibility index (Phi) is 7.57. The maximum absolute atomic E-state index is 12.7. The van der Waals surface area contributed by atoms with Crippen LogP contribution in [0.15, 0.2) is 70.8 Å². The van der Waals surface area contributed by atoms with Crippen LogP contribution in [0.2, 0.25) is 0 Å². The molecule has 3 rings (SSSR count). The summed E-state index contributed by atoms with van der Waals surface area (Å²) in [5.41, 5.74) is 2.70. The van der Waals surface area contributed by atoms with Crippen molar-refractivity contribution in [3.8, 4) is 0 Å². The van der Waals surface area contributed by atoms with Gasteiger partial charge in [0.2, 0.25) is 5.96 Å². The molecule has 0 atom stereocenters. The number of nitrogens with zero attached hydrogens (tertiary/aromatic N) is 2. The number of aliphatic imine (C=N–C) groups is 1. The largest absolute Gasteiger partial charge is 0.416 e. The SMILES string of the molecule is FC(F)(F)c1ccc(/C=C/C(/C=C/c2ccc(C(F)(F)F)cc2)=NNC2=NCCCN2)cc1. The summed E-state index contributed by atoms with van der Waals surface area (Å²) in [6, 6.07) is 9.24. The first-order valence-corrected chi connectivity index (χ1v) is 9.94. The predicted molar refractivity (Wildman–Crippen MR) is 116 cm³/mol. The summed E-state index contributed by atoms with van der Waals surface area (Å²) in [5, 5.41) is 7.26. The van der Waals surface area contributed by atoms with Gasteiger partial charge in [0.1, 0.15) is 0 Å². The van der Waals surface area contributed by atoms with E-state index in [1.54, 1.807) is 24.3 Å². The van der Waals surface area contributed by atoms with Crippen molar-refractivity contribution < 1.29 is 26.3 Å². The van der Waals surface area contributed by atoms with Gasteiger partial charge in [-0.25, -0.2) is 5.43 Å². The molecule has 174 valence electrons. The van der Waals surface area contributed by atoms with Crippen LogP contribution in [0.25, 0.3) is 12.2 Å². The fourth-order valence-electron chi connectivity index (χ4n) is 2.78. The molecule has 0 saturated heterocycles. The third-order valence-electron chi connectivity index (χ3n) is 4.56. The smallest absolute Gasteiger partial charge is 0.355 e. The molecule has 0 aliphatic carbocycles. The maximum atomic E-state index is 12.7. The molecule has 0 radical (unpaired) electrons. The molecule has 0 aromatic heterocycles. The Bertz CT molecular complexity index is 977. The van der Waals surface area contributed by atoms with Gasteiger partial charge in [0.25, 0.3) is 0 Å². The van der Waals surface area contributed by atoms with Crippen molar-refractivity contribution in [1.82, 2.24) is 10.7 Å². The quantitative estimate of drug-likeness (QED) is 0.335. The summed E-state index contributed by atoms with van der Waals surface area (Å²) in [6.45, 7) is 1.38. The molecular formula is C23H20F6N4. The molecule has 1 heterocycles. The number of hydrogen-bond acceptors (Lipinski definition) is 4. The lowest BCUT2D eigenvalue weighted by Gasteiger charge is -2.13. The monoisotopic (exact) mass is 466 g/mol. The van der Waals surface area contributed by atoms with Crippen LogP contribution in [0.4, 0.5) is 26.3 Å². The van der Waals surface area contributed by atoms with E-state index >= 15 is 0 Å². The van der Waals surface area contributed by atoms with Crippen molar-refractivity contribution >= 4 is 23.8 Å². The van der Waals surface area contributed by atoms with E-state index in [0.29, 0.717) is 29.3 Å². The molecule has 0 bridgehead atoms. The summed E-state index contributed by atoms with van der Waals surface area (Å²) in [4.78, 5) is 4.23. The minimum absolute atomic E-state index is 0.380. The van der Waals surface area contributed by atoms with Gasteiger partial charge in [0.05, 0.1) is 16.8 Å². The third kappa shape index (κ3) is 7.51. The van der Waals surface area contributed by atoms with Gasteiger partial charge in [-0.2, -0.15) is 31.4 Å². The molecule has 2 N–H and O–H groups in total. The van der Waals surface area contributed by atoms with Crippen molar-refractivity contribution in [2.24, 2.45) is 10.1 Å². The summed E-state index contributed by atoms with van der Waals surface area (Å²) in [7, 11) is 0. The zero-order chi connectivity index (χ0) is 23.9. The Balaban J connectivity index is 1.79. The van der Waals surface area contributed by atoms with Gasteiger partial charge in [0.15, 0.2) is 0 Å². The molecule has 1 aliphatic heterocycles. The van der Waals surface area contributed by atoms with E-state index in [1.165, 1.54) is 24.3 Å². The van der Waals surface area contributed by atoms with E-state index in [0.717, 1.165) is 37.2 Å². The fourth-order valence-corrected chi connectivity index (χ4v) is 2.78. The van der Waals surface area contributed by atoms with Crippen LogP contribution in [0.3, 0.4) is 0 Å². The van der Waals surface area contributed by atoms with Gasteiger partial charge in [0, 0.05) is 13.1 Å². The van der Waals surface area contributed by atoms with Crippen molar-refractivity contribution in [1.29, 1.82) is 0 Å². The molecule has 0 unspecified atom stereocenters. The molecular weight excluding hydrogens is 446 g/mol. The van der Waals surface area contributed by atoms with Crippen molar-refractivity contribution in [3.05, 3.63) is 82.9 Å². The van der Waals surface area contributed by atoms with E-state index < -0.39 is 23.5 Å². The first-order chi connectivity index (χ1) is 15.6. The van der Waals surface area contributed by atoms with E-state index in [-0.39, 0.29) is 0 Å². The third-order valence-corrected chi connectivity index (χ3v) is 4.56. The lowest BCUT2D eigenvalue weighted by Crippen LogP contribution is -2.38. The van der Waals surface area contributed by atoms with Crippen LogP contribution in [0, 0.1) is 0 Å². The zero-order valence-corrected chi connectivity index (χ0v) is 17.2. The number of rotatable bonds is 5. The summed E-state index contributed by atoms with van der Waals surface area (Å²) in [6.07, 6.45) is -1.65. The number of guanidine groups is 1. The summed E-state index contributed by atoms with van der Waals surface area (Å²) >= 11 is 0. The van der Waals surface area contributed by atoms with Crippen LogP contribution in [-0.2, 0) is 12.4 Å². The average Bonchev–Trinajstić information content (AvgIpc) is 2.78. The number of halogens is 6. The zero-order valence-electron chi connectivity index (χ0n) is 17.2. The lowest BCUT2D eigenvalue weighted by atomic mass is 10.1. The molecule has 2 aromatic rings. The van der Waals surface area contributed by atoms with Crippen LogP contribution in [0.5, 0.6) is 0 Å². The standard InChI is InChI=1S/C23H20F6N4/c24-22(25,26)18-8-2-16(3-9-18)6-12-20(32-33-21-30-14-1-15-31-21)13-7-17-4-10-19(11-5-17)23(27,28)29/h2-13H,1,14-15H2,(H2,30,31,33)/b12-6+,13-7+. The van der Waals surface area contributed by atoms with Gasteiger partial charge in [-0.15, -0.1) is 0 Å². The highest BCUT2D eigenvalue weighted by atomic mass is 19.4. The number of hydrazone groups is 1. The number of allylic oxidation sites excluding steroid dienone is 2. The number of nitrogens with one attached hydrogen (secondary N) is 2. The molecule has 0 amide bonds. The lowest BCUT2D eigenvalue weighted by molar-refractivity contribution is -0.138.